The van der Waals surface area contributed by atoms with Crippen LogP contribution >= 0.6 is 11.3 Å². The first-order valence-corrected chi connectivity index (χ1v) is 6.05. The van der Waals surface area contributed by atoms with Gasteiger partial charge < -0.3 is 11.1 Å². The van der Waals surface area contributed by atoms with Crippen LogP contribution in [0, 0.1) is 0 Å². The van der Waals surface area contributed by atoms with E-state index in [1.807, 2.05) is 18.2 Å². The number of anilines is 1. The van der Waals surface area contributed by atoms with Crippen LogP contribution in [0.2, 0.25) is 0 Å². The van der Waals surface area contributed by atoms with Crippen molar-refractivity contribution in [2.45, 2.75) is 12.5 Å². The van der Waals surface area contributed by atoms with E-state index in [9.17, 15) is 0 Å². The smallest absolute Gasteiger partial charge is 0.205 e. The number of aromatic nitrogens is 2. The highest BCUT2D eigenvalue weighted by atomic mass is 32.1. The molecule has 2 rings (SSSR count). The molecule has 1 atom stereocenters. The van der Waals surface area contributed by atoms with Gasteiger partial charge in [0, 0.05) is 12.6 Å². The van der Waals surface area contributed by atoms with E-state index >= 15 is 0 Å². The fraction of sp³-hybridized carbons (Fsp3) is 0.273. The second-order valence-electron chi connectivity index (χ2n) is 3.48. The van der Waals surface area contributed by atoms with Crippen molar-refractivity contribution >= 4 is 16.5 Å². The quantitative estimate of drug-likeness (QED) is 0.831. The lowest BCUT2D eigenvalue weighted by molar-refractivity contribution is 0.674. The maximum Gasteiger partial charge on any atom is 0.205 e. The maximum absolute atomic E-state index is 6.06. The van der Waals surface area contributed by atoms with Crippen LogP contribution in [0.1, 0.15) is 18.0 Å². The molecule has 0 amide bonds. The molecule has 0 aliphatic carbocycles. The number of rotatable bonds is 5. The van der Waals surface area contributed by atoms with E-state index in [2.05, 4.69) is 27.6 Å². The SMILES string of the molecule is NC(CCNc1nncs1)c1ccccc1. The third-order valence-electron chi connectivity index (χ3n) is 2.32. The van der Waals surface area contributed by atoms with Crippen molar-refractivity contribution < 1.29 is 0 Å². The molecule has 0 aliphatic rings. The van der Waals surface area contributed by atoms with E-state index in [-0.39, 0.29) is 6.04 Å². The Bertz CT molecular complexity index is 401. The van der Waals surface area contributed by atoms with Gasteiger partial charge in [-0.2, -0.15) is 0 Å². The summed E-state index contributed by atoms with van der Waals surface area (Å²) >= 11 is 1.50. The predicted molar refractivity (Wildman–Crippen MR) is 66.4 cm³/mol. The van der Waals surface area contributed by atoms with Crippen LogP contribution in [0.15, 0.2) is 35.8 Å². The van der Waals surface area contributed by atoms with Crippen LogP contribution in [-0.4, -0.2) is 16.7 Å². The first-order chi connectivity index (χ1) is 7.86. The van der Waals surface area contributed by atoms with Crippen LogP contribution in [-0.2, 0) is 0 Å². The summed E-state index contributed by atoms with van der Waals surface area (Å²) in [6, 6.07) is 10.2. The normalized spacial score (nSPS) is 12.3. The highest BCUT2D eigenvalue weighted by molar-refractivity contribution is 7.13. The second kappa shape index (κ2) is 5.58. The number of benzene rings is 1. The van der Waals surface area contributed by atoms with E-state index < -0.39 is 0 Å². The molecule has 84 valence electrons. The third kappa shape index (κ3) is 3.01. The van der Waals surface area contributed by atoms with Crippen molar-refractivity contribution in [2.24, 2.45) is 5.73 Å². The molecule has 0 radical (unpaired) electrons. The average molecular weight is 234 g/mol. The zero-order chi connectivity index (χ0) is 11.2. The van der Waals surface area contributed by atoms with Crippen LogP contribution < -0.4 is 11.1 Å². The summed E-state index contributed by atoms with van der Waals surface area (Å²) in [7, 11) is 0. The van der Waals surface area contributed by atoms with Crippen molar-refractivity contribution in [3.63, 3.8) is 0 Å². The molecule has 16 heavy (non-hydrogen) atoms. The first-order valence-electron chi connectivity index (χ1n) is 5.17. The Morgan fingerprint density at radius 3 is 2.81 bits per heavy atom. The van der Waals surface area contributed by atoms with Gasteiger partial charge >= 0.3 is 0 Å². The van der Waals surface area contributed by atoms with Crippen molar-refractivity contribution in [2.75, 3.05) is 11.9 Å². The second-order valence-corrected chi connectivity index (χ2v) is 4.31. The first kappa shape index (κ1) is 11.0. The minimum atomic E-state index is 0.0709. The van der Waals surface area contributed by atoms with Gasteiger partial charge in [-0.25, -0.2) is 0 Å². The minimum Gasteiger partial charge on any atom is -0.360 e. The Kier molecular flexibility index (Phi) is 3.85. The van der Waals surface area contributed by atoms with Gasteiger partial charge in [0.1, 0.15) is 5.51 Å². The molecule has 0 fully saturated rings. The topological polar surface area (TPSA) is 63.8 Å². The number of nitrogens with one attached hydrogen (secondary N) is 1. The Balaban J connectivity index is 1.78. The summed E-state index contributed by atoms with van der Waals surface area (Å²) in [5, 5.41) is 11.7. The molecule has 0 saturated heterocycles. The molecular weight excluding hydrogens is 220 g/mol. The summed E-state index contributed by atoms with van der Waals surface area (Å²) in [6.45, 7) is 0.811. The summed E-state index contributed by atoms with van der Waals surface area (Å²) in [4.78, 5) is 0. The fourth-order valence-electron chi connectivity index (χ4n) is 1.45. The zero-order valence-electron chi connectivity index (χ0n) is 8.84. The van der Waals surface area contributed by atoms with E-state index in [1.54, 1.807) is 5.51 Å². The van der Waals surface area contributed by atoms with Gasteiger partial charge in [-0.3, -0.25) is 0 Å². The summed E-state index contributed by atoms with van der Waals surface area (Å²) in [5.41, 5.74) is 8.94. The van der Waals surface area contributed by atoms with Crippen LogP contribution in [0.3, 0.4) is 0 Å². The fourth-order valence-corrected chi connectivity index (χ4v) is 1.93. The molecule has 1 unspecified atom stereocenters. The third-order valence-corrected chi connectivity index (χ3v) is 2.97. The lowest BCUT2D eigenvalue weighted by Gasteiger charge is -2.11. The molecule has 5 heteroatoms. The van der Waals surface area contributed by atoms with Gasteiger partial charge in [0.05, 0.1) is 0 Å². The molecule has 2 aromatic rings. The van der Waals surface area contributed by atoms with Crippen molar-refractivity contribution in [3.05, 3.63) is 41.4 Å². The molecule has 1 heterocycles. The highest BCUT2D eigenvalue weighted by Crippen LogP contribution is 2.14. The van der Waals surface area contributed by atoms with E-state index in [0.717, 1.165) is 18.1 Å². The zero-order valence-corrected chi connectivity index (χ0v) is 9.65. The summed E-state index contributed by atoms with van der Waals surface area (Å²) in [6.07, 6.45) is 0.879. The van der Waals surface area contributed by atoms with Gasteiger partial charge in [0.2, 0.25) is 5.13 Å². The van der Waals surface area contributed by atoms with E-state index in [4.69, 9.17) is 5.73 Å². The molecule has 0 spiro atoms. The number of hydrogen-bond donors (Lipinski definition) is 2. The largest absolute Gasteiger partial charge is 0.360 e. The van der Waals surface area contributed by atoms with Gasteiger partial charge in [-0.05, 0) is 12.0 Å². The summed E-state index contributed by atoms with van der Waals surface area (Å²) < 4.78 is 0. The van der Waals surface area contributed by atoms with Crippen molar-refractivity contribution in [3.8, 4) is 0 Å². The predicted octanol–water partition coefficient (Wildman–Crippen LogP) is 2.04. The van der Waals surface area contributed by atoms with E-state index in [0.29, 0.717) is 0 Å². The van der Waals surface area contributed by atoms with Crippen molar-refractivity contribution in [1.29, 1.82) is 0 Å². The molecule has 1 aromatic carbocycles. The number of hydrogen-bond acceptors (Lipinski definition) is 5. The van der Waals surface area contributed by atoms with Crippen LogP contribution in [0.5, 0.6) is 0 Å². The van der Waals surface area contributed by atoms with Crippen molar-refractivity contribution in [1.82, 2.24) is 10.2 Å². The van der Waals surface area contributed by atoms with E-state index in [1.165, 1.54) is 16.9 Å². The Morgan fingerprint density at radius 1 is 1.31 bits per heavy atom. The van der Waals surface area contributed by atoms with Gasteiger partial charge in [0.25, 0.3) is 0 Å². The average Bonchev–Trinajstić information content (AvgIpc) is 2.83. The van der Waals surface area contributed by atoms with Crippen LogP contribution in [0.25, 0.3) is 0 Å². The number of nitrogens with zero attached hydrogens (tertiary/aromatic N) is 2. The van der Waals surface area contributed by atoms with Crippen LogP contribution in [0.4, 0.5) is 5.13 Å². The molecule has 1 aromatic heterocycles. The molecular formula is C11H14N4S. The van der Waals surface area contributed by atoms with Gasteiger partial charge in [0.15, 0.2) is 0 Å². The molecule has 4 nitrogen and oxygen atoms in total. The lowest BCUT2D eigenvalue weighted by Crippen LogP contribution is -2.15. The standard InChI is InChI=1S/C11H14N4S/c12-10(9-4-2-1-3-5-9)6-7-13-11-15-14-8-16-11/h1-5,8,10H,6-7,12H2,(H,13,15). The monoisotopic (exact) mass is 234 g/mol. The molecule has 3 N–H and O–H groups in total. The Hall–Kier alpha value is -1.46. The Morgan fingerprint density at radius 2 is 2.12 bits per heavy atom. The molecule has 0 bridgehead atoms. The maximum atomic E-state index is 6.06. The van der Waals surface area contributed by atoms with Gasteiger partial charge in [-0.1, -0.05) is 41.7 Å². The Labute approximate surface area is 98.5 Å². The molecule has 0 saturated carbocycles. The highest BCUT2D eigenvalue weighted by Gasteiger charge is 2.04. The minimum absolute atomic E-state index is 0.0709. The summed E-state index contributed by atoms with van der Waals surface area (Å²) in [5.74, 6) is 0. The number of nitrogens with two attached hydrogens (primary N) is 1. The van der Waals surface area contributed by atoms with Gasteiger partial charge in [-0.15, -0.1) is 10.2 Å². The molecule has 0 aliphatic heterocycles. The lowest BCUT2D eigenvalue weighted by atomic mass is 10.1.